The lowest BCUT2D eigenvalue weighted by atomic mass is 10.2. The van der Waals surface area contributed by atoms with E-state index < -0.39 is 32.5 Å². The standard InChI is InChI=1S/C22H22N4O7S2/c1-34(28,29)26(18-6-9-20-21(13-18)33-12-11-32-20)15-22(27)24-16-4-7-19(8-5-16)35(30,31)25-17-3-2-10-23-14-17/h2-10,13-14,25H,11-12,15H2,1H3,(H,24,27). The number of nitrogens with zero attached hydrogens (tertiary/aromatic N) is 2. The molecule has 35 heavy (non-hydrogen) atoms. The van der Waals surface area contributed by atoms with Gasteiger partial charge in [0.05, 0.1) is 28.7 Å². The van der Waals surface area contributed by atoms with Gasteiger partial charge in [-0.3, -0.25) is 18.8 Å². The van der Waals surface area contributed by atoms with Crippen LogP contribution in [0.3, 0.4) is 0 Å². The average molecular weight is 519 g/mol. The van der Waals surface area contributed by atoms with Crippen molar-refractivity contribution in [3.8, 4) is 11.5 Å². The molecule has 11 nitrogen and oxygen atoms in total. The summed E-state index contributed by atoms with van der Waals surface area (Å²) in [5, 5.41) is 2.58. The Kier molecular flexibility index (Phi) is 6.80. The lowest BCUT2D eigenvalue weighted by molar-refractivity contribution is -0.114. The maximum absolute atomic E-state index is 12.6. The van der Waals surface area contributed by atoms with Crippen molar-refractivity contribution >= 4 is 43.0 Å². The molecule has 2 N–H and O–H groups in total. The van der Waals surface area contributed by atoms with Gasteiger partial charge in [0.25, 0.3) is 10.0 Å². The van der Waals surface area contributed by atoms with Gasteiger partial charge in [-0.25, -0.2) is 16.8 Å². The first-order valence-electron chi connectivity index (χ1n) is 10.3. The predicted octanol–water partition coefficient (Wildman–Crippen LogP) is 2.06. The van der Waals surface area contributed by atoms with E-state index in [1.807, 2.05) is 0 Å². The van der Waals surface area contributed by atoms with Crippen LogP contribution in [0.15, 0.2) is 71.9 Å². The van der Waals surface area contributed by atoms with Crippen LogP contribution in [-0.4, -0.2) is 53.7 Å². The zero-order valence-corrected chi connectivity index (χ0v) is 20.2. The monoisotopic (exact) mass is 518 g/mol. The van der Waals surface area contributed by atoms with Gasteiger partial charge < -0.3 is 14.8 Å². The molecule has 1 amide bonds. The number of hydrogen-bond donors (Lipinski definition) is 2. The number of carbonyl (C=O) groups excluding carboxylic acids is 1. The molecule has 1 aliphatic rings. The Hall–Kier alpha value is -3.84. The number of pyridine rings is 1. The predicted molar refractivity (Wildman–Crippen MR) is 130 cm³/mol. The molecule has 0 unspecified atom stereocenters. The molecule has 0 saturated heterocycles. The summed E-state index contributed by atoms with van der Waals surface area (Å²) in [5.74, 6) is 0.264. The fourth-order valence-electron chi connectivity index (χ4n) is 3.27. The van der Waals surface area contributed by atoms with Crippen LogP contribution in [0.1, 0.15) is 0 Å². The summed E-state index contributed by atoms with van der Waals surface area (Å²) in [7, 11) is -7.66. The van der Waals surface area contributed by atoms with Crippen molar-refractivity contribution < 1.29 is 31.1 Å². The largest absolute Gasteiger partial charge is 0.486 e. The molecular formula is C22H22N4O7S2. The summed E-state index contributed by atoms with van der Waals surface area (Å²) in [5.41, 5.74) is 0.852. The molecule has 1 aromatic heterocycles. The highest BCUT2D eigenvalue weighted by atomic mass is 32.2. The fraction of sp³-hybridized carbons (Fsp3) is 0.182. The van der Waals surface area contributed by atoms with E-state index in [1.54, 1.807) is 18.2 Å². The summed E-state index contributed by atoms with van der Waals surface area (Å²) in [4.78, 5) is 16.5. The first kappa shape index (κ1) is 24.3. The third-order valence-electron chi connectivity index (χ3n) is 4.86. The zero-order chi connectivity index (χ0) is 25.1. The van der Waals surface area contributed by atoms with Crippen molar-refractivity contribution in [2.75, 3.05) is 40.4 Å². The second-order valence-electron chi connectivity index (χ2n) is 7.52. The number of aromatic nitrogens is 1. The molecule has 0 atom stereocenters. The van der Waals surface area contributed by atoms with Crippen molar-refractivity contribution in [3.05, 3.63) is 67.0 Å². The molecule has 2 heterocycles. The van der Waals surface area contributed by atoms with E-state index in [0.717, 1.165) is 10.6 Å². The van der Waals surface area contributed by atoms with Gasteiger partial charge in [0.2, 0.25) is 15.9 Å². The molecule has 184 valence electrons. The van der Waals surface area contributed by atoms with Crippen LogP contribution in [0.5, 0.6) is 11.5 Å². The van der Waals surface area contributed by atoms with Gasteiger partial charge in [-0.2, -0.15) is 0 Å². The Morgan fingerprint density at radius 1 is 0.971 bits per heavy atom. The highest BCUT2D eigenvalue weighted by molar-refractivity contribution is 7.92. The van der Waals surface area contributed by atoms with Crippen LogP contribution in [-0.2, 0) is 24.8 Å². The lowest BCUT2D eigenvalue weighted by Crippen LogP contribution is -2.37. The number of carbonyl (C=O) groups is 1. The number of ether oxygens (including phenoxy) is 2. The van der Waals surface area contributed by atoms with Crippen LogP contribution in [0.2, 0.25) is 0 Å². The van der Waals surface area contributed by atoms with E-state index in [1.165, 1.54) is 48.8 Å². The van der Waals surface area contributed by atoms with Crippen molar-refractivity contribution in [1.82, 2.24) is 4.98 Å². The Labute approximate surface area is 202 Å². The van der Waals surface area contributed by atoms with E-state index >= 15 is 0 Å². The molecule has 1 aliphatic heterocycles. The molecule has 0 fully saturated rings. The average Bonchev–Trinajstić information content (AvgIpc) is 2.82. The van der Waals surface area contributed by atoms with Gasteiger partial charge in [0.15, 0.2) is 11.5 Å². The summed E-state index contributed by atoms with van der Waals surface area (Å²) in [6, 6.07) is 13.2. The Morgan fingerprint density at radius 3 is 2.34 bits per heavy atom. The number of rotatable bonds is 8. The number of nitrogens with one attached hydrogen (secondary N) is 2. The molecule has 13 heteroatoms. The second-order valence-corrected chi connectivity index (χ2v) is 11.1. The summed E-state index contributed by atoms with van der Waals surface area (Å²) in [6.07, 6.45) is 3.89. The van der Waals surface area contributed by atoms with E-state index in [4.69, 9.17) is 9.47 Å². The molecular weight excluding hydrogens is 496 g/mol. The van der Waals surface area contributed by atoms with Gasteiger partial charge in [-0.15, -0.1) is 0 Å². The van der Waals surface area contributed by atoms with Crippen LogP contribution in [0.25, 0.3) is 0 Å². The maximum Gasteiger partial charge on any atom is 0.261 e. The lowest BCUT2D eigenvalue weighted by Gasteiger charge is -2.24. The quantitative estimate of drug-likeness (QED) is 0.461. The Morgan fingerprint density at radius 2 is 1.69 bits per heavy atom. The Balaban J connectivity index is 1.46. The molecule has 0 aliphatic carbocycles. The third-order valence-corrected chi connectivity index (χ3v) is 7.40. The number of anilines is 3. The normalized spacial score (nSPS) is 13.1. The molecule has 0 radical (unpaired) electrons. The Bertz CT molecular complexity index is 1430. The van der Waals surface area contributed by atoms with E-state index in [9.17, 15) is 21.6 Å². The zero-order valence-electron chi connectivity index (χ0n) is 18.5. The maximum atomic E-state index is 12.6. The van der Waals surface area contributed by atoms with Gasteiger partial charge in [0, 0.05) is 18.0 Å². The third kappa shape index (κ3) is 6.00. The van der Waals surface area contributed by atoms with Gasteiger partial charge in [0.1, 0.15) is 19.8 Å². The van der Waals surface area contributed by atoms with E-state index in [2.05, 4.69) is 15.0 Å². The minimum Gasteiger partial charge on any atom is -0.486 e. The molecule has 4 rings (SSSR count). The highest BCUT2D eigenvalue weighted by Gasteiger charge is 2.23. The second kappa shape index (κ2) is 9.80. The van der Waals surface area contributed by atoms with Crippen molar-refractivity contribution in [2.45, 2.75) is 4.90 Å². The van der Waals surface area contributed by atoms with Crippen LogP contribution >= 0.6 is 0 Å². The van der Waals surface area contributed by atoms with Gasteiger partial charge in [-0.1, -0.05) is 0 Å². The van der Waals surface area contributed by atoms with E-state index in [0.29, 0.717) is 36.1 Å². The molecule has 0 saturated carbocycles. The SMILES string of the molecule is CS(=O)(=O)N(CC(=O)Nc1ccc(S(=O)(=O)Nc2cccnc2)cc1)c1ccc2c(c1)OCCO2. The minimum atomic E-state index is -3.85. The summed E-state index contributed by atoms with van der Waals surface area (Å²) in [6.45, 7) is 0.227. The number of hydrogen-bond acceptors (Lipinski definition) is 8. The molecule has 0 spiro atoms. The fourth-order valence-corrected chi connectivity index (χ4v) is 5.16. The van der Waals surface area contributed by atoms with Crippen LogP contribution in [0, 0.1) is 0 Å². The molecule has 2 aromatic carbocycles. The number of amides is 1. The van der Waals surface area contributed by atoms with Crippen molar-refractivity contribution in [2.24, 2.45) is 0 Å². The van der Waals surface area contributed by atoms with Crippen molar-refractivity contribution in [1.29, 1.82) is 0 Å². The number of fused-ring (bicyclic) bond motifs is 1. The van der Waals surface area contributed by atoms with Gasteiger partial charge >= 0.3 is 0 Å². The van der Waals surface area contributed by atoms with Crippen LogP contribution in [0.4, 0.5) is 17.1 Å². The highest BCUT2D eigenvalue weighted by Crippen LogP contribution is 2.34. The van der Waals surface area contributed by atoms with E-state index in [-0.39, 0.29) is 10.6 Å². The van der Waals surface area contributed by atoms with Gasteiger partial charge in [-0.05, 0) is 48.5 Å². The first-order valence-corrected chi connectivity index (χ1v) is 13.7. The summed E-state index contributed by atoms with van der Waals surface area (Å²) >= 11 is 0. The summed E-state index contributed by atoms with van der Waals surface area (Å²) < 4.78 is 64.1. The smallest absolute Gasteiger partial charge is 0.261 e. The first-order chi connectivity index (χ1) is 16.6. The number of sulfonamides is 2. The molecule has 0 bridgehead atoms. The topological polar surface area (TPSA) is 144 Å². The molecule has 3 aromatic rings. The van der Waals surface area contributed by atoms with Crippen molar-refractivity contribution in [3.63, 3.8) is 0 Å². The minimum absolute atomic E-state index is 0.0200. The van der Waals surface area contributed by atoms with Crippen LogP contribution < -0.4 is 23.8 Å². The number of benzene rings is 2.